The molecule has 1 aromatic heterocycles. The predicted molar refractivity (Wildman–Crippen MR) is 97.2 cm³/mol. The van der Waals surface area contributed by atoms with E-state index in [1.165, 1.54) is 22.8 Å². The maximum atomic E-state index is 14.2. The lowest BCUT2D eigenvalue weighted by Gasteiger charge is -2.11. The molecule has 4 rings (SSSR count). The molecule has 0 fully saturated rings. The van der Waals surface area contributed by atoms with Crippen molar-refractivity contribution in [1.29, 1.82) is 0 Å². The van der Waals surface area contributed by atoms with Crippen LogP contribution in [0.2, 0.25) is 0 Å². The predicted octanol–water partition coefficient (Wildman–Crippen LogP) is 5.18. The van der Waals surface area contributed by atoms with Gasteiger partial charge in [-0.2, -0.15) is 13.2 Å². The van der Waals surface area contributed by atoms with Crippen molar-refractivity contribution in [2.75, 3.05) is 0 Å². The Bertz CT molecular complexity index is 1320. The summed E-state index contributed by atoms with van der Waals surface area (Å²) in [6.07, 6.45) is -4.67. The minimum absolute atomic E-state index is 0.0161. The normalized spacial score (nSPS) is 12.1. The zero-order valence-electron chi connectivity index (χ0n) is 14.9. The fraction of sp³-hybridized carbons (Fsp3) is 0.0952. The number of primary amides is 1. The largest absolute Gasteiger partial charge is 0.416 e. The number of benzene rings is 3. The van der Waals surface area contributed by atoms with E-state index in [4.69, 9.17) is 5.73 Å². The highest BCUT2D eigenvalue weighted by molar-refractivity contribution is 6.17. The molecule has 3 nitrogen and oxygen atoms in total. The summed E-state index contributed by atoms with van der Waals surface area (Å²) < 4.78 is 82.2. The molecule has 0 unspecified atom stereocenters. The molecule has 1 radical (unpaired) electrons. The topological polar surface area (TPSA) is 48.0 Å². The van der Waals surface area contributed by atoms with Crippen LogP contribution in [0.25, 0.3) is 21.8 Å². The monoisotopic (exact) mass is 421 g/mol. The highest BCUT2D eigenvalue weighted by atomic mass is 19.4. The molecular formula is C21H11F6N2O. The van der Waals surface area contributed by atoms with Gasteiger partial charge >= 0.3 is 6.18 Å². The van der Waals surface area contributed by atoms with Crippen molar-refractivity contribution in [1.82, 2.24) is 4.57 Å². The van der Waals surface area contributed by atoms with Crippen molar-refractivity contribution in [2.24, 2.45) is 5.73 Å². The van der Waals surface area contributed by atoms with E-state index in [2.05, 4.69) is 6.07 Å². The molecule has 4 aromatic rings. The van der Waals surface area contributed by atoms with Crippen molar-refractivity contribution < 1.29 is 31.1 Å². The molecule has 0 aliphatic rings. The summed E-state index contributed by atoms with van der Waals surface area (Å²) in [6, 6.07) is 10.2. The summed E-state index contributed by atoms with van der Waals surface area (Å²) in [5, 5.41) is 0.395. The molecule has 0 saturated carbocycles. The van der Waals surface area contributed by atoms with E-state index >= 15 is 0 Å². The van der Waals surface area contributed by atoms with E-state index in [0.717, 1.165) is 24.3 Å². The molecule has 1 heterocycles. The summed E-state index contributed by atoms with van der Waals surface area (Å²) >= 11 is 0. The van der Waals surface area contributed by atoms with Crippen LogP contribution in [0.4, 0.5) is 26.3 Å². The lowest BCUT2D eigenvalue weighted by atomic mass is 10.0. The first-order chi connectivity index (χ1) is 14.1. The average Bonchev–Trinajstić information content (AvgIpc) is 3.01. The molecule has 3 aromatic carbocycles. The highest BCUT2D eigenvalue weighted by Crippen LogP contribution is 2.37. The third-order valence-corrected chi connectivity index (χ3v) is 4.83. The van der Waals surface area contributed by atoms with Gasteiger partial charge < -0.3 is 10.3 Å². The molecule has 1 amide bonds. The molecule has 9 heteroatoms. The minimum atomic E-state index is -4.67. The third kappa shape index (κ3) is 3.06. The van der Waals surface area contributed by atoms with E-state index in [1.807, 2.05) is 0 Å². The minimum Gasteiger partial charge on any atom is -0.366 e. The second-order valence-electron chi connectivity index (χ2n) is 6.63. The summed E-state index contributed by atoms with van der Waals surface area (Å²) in [7, 11) is 0. The Hall–Kier alpha value is -3.49. The molecule has 153 valence electrons. The molecular weight excluding hydrogens is 410 g/mol. The SMILES string of the molecule is NC(=O)c1cccc2c1c1[c]cc(C(F)(F)F)cc1n2Cc1ccc(F)c(F)c1F. The lowest BCUT2D eigenvalue weighted by molar-refractivity contribution is -0.137. The molecule has 0 aliphatic heterocycles. The maximum absolute atomic E-state index is 14.2. The number of hydrogen-bond acceptors (Lipinski definition) is 1. The quantitative estimate of drug-likeness (QED) is 0.360. The van der Waals surface area contributed by atoms with Crippen molar-refractivity contribution in [3.63, 3.8) is 0 Å². The number of halogens is 6. The van der Waals surface area contributed by atoms with Crippen LogP contribution in [0.1, 0.15) is 21.5 Å². The third-order valence-electron chi connectivity index (χ3n) is 4.83. The molecule has 2 N–H and O–H groups in total. The van der Waals surface area contributed by atoms with Crippen LogP contribution in [0, 0.1) is 23.5 Å². The smallest absolute Gasteiger partial charge is 0.366 e. The summed E-state index contributed by atoms with van der Waals surface area (Å²) in [6.45, 7) is -0.416. The van der Waals surface area contributed by atoms with Crippen molar-refractivity contribution in [3.05, 3.63) is 82.7 Å². The fourth-order valence-electron chi connectivity index (χ4n) is 3.45. The number of carbonyl (C=O) groups is 1. The van der Waals surface area contributed by atoms with Crippen LogP contribution in [0.3, 0.4) is 0 Å². The van der Waals surface area contributed by atoms with Crippen LogP contribution in [-0.2, 0) is 12.7 Å². The van der Waals surface area contributed by atoms with Gasteiger partial charge in [-0.25, -0.2) is 13.2 Å². The number of nitrogens with zero attached hydrogens (tertiary/aromatic N) is 1. The van der Waals surface area contributed by atoms with Crippen LogP contribution in [0.15, 0.2) is 42.5 Å². The Kier molecular flexibility index (Phi) is 4.48. The number of fused-ring (bicyclic) bond motifs is 3. The second-order valence-corrected chi connectivity index (χ2v) is 6.63. The van der Waals surface area contributed by atoms with Crippen LogP contribution in [0.5, 0.6) is 0 Å². The number of alkyl halides is 3. The van der Waals surface area contributed by atoms with Crippen molar-refractivity contribution >= 4 is 27.7 Å². The van der Waals surface area contributed by atoms with Gasteiger partial charge in [0.2, 0.25) is 5.91 Å². The summed E-state index contributed by atoms with van der Waals surface area (Å²) in [4.78, 5) is 11.9. The molecule has 0 bridgehead atoms. The summed E-state index contributed by atoms with van der Waals surface area (Å²) in [5.41, 5.74) is 4.40. The number of rotatable bonds is 3. The van der Waals surface area contributed by atoms with Gasteiger partial charge in [0, 0.05) is 21.9 Å². The van der Waals surface area contributed by atoms with Gasteiger partial charge in [0.1, 0.15) is 0 Å². The number of nitrogens with two attached hydrogens (primary N) is 1. The second kappa shape index (κ2) is 6.79. The van der Waals surface area contributed by atoms with E-state index in [1.54, 1.807) is 0 Å². The van der Waals surface area contributed by atoms with Gasteiger partial charge in [-0.3, -0.25) is 4.79 Å². The van der Waals surface area contributed by atoms with Gasteiger partial charge in [-0.15, -0.1) is 0 Å². The zero-order valence-corrected chi connectivity index (χ0v) is 14.9. The Labute approximate surface area is 165 Å². The van der Waals surface area contributed by atoms with Gasteiger partial charge in [0.05, 0.1) is 23.1 Å². The summed E-state index contributed by atoms with van der Waals surface area (Å²) in [5.74, 6) is -5.34. The van der Waals surface area contributed by atoms with Gasteiger partial charge in [0.15, 0.2) is 17.5 Å². The first kappa shape index (κ1) is 19.8. The molecule has 0 saturated heterocycles. The Balaban J connectivity index is 2.06. The number of carbonyl (C=O) groups excluding carboxylic acids is 1. The molecule has 0 aliphatic carbocycles. The highest BCUT2D eigenvalue weighted by Gasteiger charge is 2.31. The molecule has 0 spiro atoms. The first-order valence-corrected chi connectivity index (χ1v) is 8.55. The number of hydrogen-bond donors (Lipinski definition) is 1. The van der Waals surface area contributed by atoms with E-state index < -0.39 is 41.6 Å². The fourth-order valence-corrected chi connectivity index (χ4v) is 3.45. The van der Waals surface area contributed by atoms with Gasteiger partial charge in [-0.05, 0) is 36.4 Å². The maximum Gasteiger partial charge on any atom is 0.416 e. The molecule has 0 atom stereocenters. The Morgan fingerprint density at radius 3 is 2.43 bits per heavy atom. The average molecular weight is 421 g/mol. The van der Waals surface area contributed by atoms with Crippen molar-refractivity contribution in [2.45, 2.75) is 12.7 Å². The van der Waals surface area contributed by atoms with Crippen LogP contribution in [-0.4, -0.2) is 10.5 Å². The lowest BCUT2D eigenvalue weighted by Crippen LogP contribution is -2.11. The van der Waals surface area contributed by atoms with Gasteiger partial charge in [-0.1, -0.05) is 12.1 Å². The number of aromatic nitrogens is 1. The Morgan fingerprint density at radius 1 is 1.03 bits per heavy atom. The zero-order chi connectivity index (χ0) is 21.8. The molecule has 30 heavy (non-hydrogen) atoms. The van der Waals surface area contributed by atoms with E-state index in [0.29, 0.717) is 0 Å². The number of amides is 1. The Morgan fingerprint density at radius 2 is 1.77 bits per heavy atom. The van der Waals surface area contributed by atoms with Crippen molar-refractivity contribution in [3.8, 4) is 0 Å². The van der Waals surface area contributed by atoms with E-state index in [-0.39, 0.29) is 32.9 Å². The standard InChI is InChI=1S/C21H11F6N2O/c22-14-7-4-10(18(23)19(14)24)9-29-15-3-1-2-13(20(28)30)17(15)12-6-5-11(8-16(12)29)21(25,26)27/h1-5,7-8H,9H2,(H2,28,30). The van der Waals surface area contributed by atoms with Crippen LogP contribution < -0.4 is 5.73 Å². The van der Waals surface area contributed by atoms with Crippen LogP contribution >= 0.6 is 0 Å². The van der Waals surface area contributed by atoms with Gasteiger partial charge in [0.25, 0.3) is 0 Å². The van der Waals surface area contributed by atoms with E-state index in [9.17, 15) is 31.1 Å². The first-order valence-electron chi connectivity index (χ1n) is 8.55.